The molecule has 0 aromatic carbocycles. The minimum Gasteiger partial charge on any atom is -0.356 e. The van der Waals surface area contributed by atoms with Gasteiger partial charge in [-0.3, -0.25) is 9.48 Å². The first kappa shape index (κ1) is 12.4. The van der Waals surface area contributed by atoms with Gasteiger partial charge < -0.3 is 5.32 Å². The Bertz CT molecular complexity index is 537. The summed E-state index contributed by atoms with van der Waals surface area (Å²) in [5.41, 5.74) is 1.89. The quantitative estimate of drug-likeness (QED) is 0.901. The first-order chi connectivity index (χ1) is 9.06. The second-order valence-corrected chi connectivity index (χ2v) is 5.57. The molecule has 0 radical (unpaired) electrons. The maximum absolute atomic E-state index is 14.2. The lowest BCUT2D eigenvalue weighted by Gasteiger charge is -2.22. The summed E-state index contributed by atoms with van der Waals surface area (Å²) in [7, 11) is 1.86. The highest BCUT2D eigenvalue weighted by atomic mass is 19.1. The molecule has 1 saturated carbocycles. The number of halogens is 1. The number of aryl methyl sites for hydroxylation is 1. The maximum Gasteiger partial charge on any atom is 0.216 e. The number of nitrogens with zero attached hydrogens (tertiary/aromatic N) is 2. The fraction of sp³-hybridized carbons (Fsp3) is 0.571. The van der Waals surface area contributed by atoms with Gasteiger partial charge in [-0.15, -0.1) is 0 Å². The van der Waals surface area contributed by atoms with Crippen molar-refractivity contribution in [1.29, 1.82) is 0 Å². The largest absolute Gasteiger partial charge is 0.356 e. The number of hydrogen-bond acceptors (Lipinski definition) is 2. The van der Waals surface area contributed by atoms with Crippen molar-refractivity contribution >= 4 is 12.0 Å². The van der Waals surface area contributed by atoms with Crippen molar-refractivity contribution < 1.29 is 9.18 Å². The van der Waals surface area contributed by atoms with Crippen molar-refractivity contribution in [2.24, 2.45) is 18.9 Å². The van der Waals surface area contributed by atoms with Gasteiger partial charge in [0.05, 0.1) is 5.69 Å². The Labute approximate surface area is 111 Å². The van der Waals surface area contributed by atoms with Crippen LogP contribution in [0.4, 0.5) is 4.39 Å². The molecule has 19 heavy (non-hydrogen) atoms. The summed E-state index contributed by atoms with van der Waals surface area (Å²) in [5.74, 6) is 0.585. The third kappa shape index (κ3) is 2.29. The zero-order valence-electron chi connectivity index (χ0n) is 11.1. The average Bonchev–Trinajstić information content (AvgIpc) is 3.00. The van der Waals surface area contributed by atoms with E-state index in [-0.39, 0.29) is 11.8 Å². The van der Waals surface area contributed by atoms with E-state index in [4.69, 9.17) is 0 Å². The third-order valence-electron chi connectivity index (χ3n) is 4.08. The lowest BCUT2D eigenvalue weighted by molar-refractivity contribution is -0.119. The molecular formula is C14H18FN3O. The summed E-state index contributed by atoms with van der Waals surface area (Å²) >= 11 is 0. The number of hydrogen-bond donors (Lipinski definition) is 1. The fourth-order valence-corrected chi connectivity index (χ4v) is 3.07. The molecule has 1 heterocycles. The Morgan fingerprint density at radius 1 is 1.63 bits per heavy atom. The highest BCUT2D eigenvalue weighted by Gasteiger charge is 2.48. The second kappa shape index (κ2) is 4.47. The van der Waals surface area contributed by atoms with E-state index >= 15 is 0 Å². The standard InChI is InChI=1S/C14H18FN3O/c1-8(19)16-6-9-5-10(9)14-11-7-18(2)17-13(11)4-3-12(14)15/h3-4,7,9-10,12,14H,5-6H2,1-2H3,(H,16,19)/t9-,10+,12?,14?/m0/s1. The van der Waals surface area contributed by atoms with Crippen LogP contribution in [-0.4, -0.2) is 28.4 Å². The zero-order valence-corrected chi connectivity index (χ0v) is 11.1. The van der Waals surface area contributed by atoms with Crippen LogP contribution in [0.3, 0.4) is 0 Å². The lowest BCUT2D eigenvalue weighted by atomic mass is 9.85. The number of allylic oxidation sites excluding steroid dienone is 1. The van der Waals surface area contributed by atoms with Gasteiger partial charge in [0.25, 0.3) is 0 Å². The van der Waals surface area contributed by atoms with Gasteiger partial charge in [-0.1, -0.05) is 0 Å². The Kier molecular flexibility index (Phi) is 2.92. The normalized spacial score (nSPS) is 31.9. The Morgan fingerprint density at radius 2 is 2.42 bits per heavy atom. The monoisotopic (exact) mass is 263 g/mol. The van der Waals surface area contributed by atoms with E-state index in [0.29, 0.717) is 18.4 Å². The third-order valence-corrected chi connectivity index (χ3v) is 4.08. The molecule has 1 aromatic rings. The Morgan fingerprint density at radius 3 is 3.16 bits per heavy atom. The van der Waals surface area contributed by atoms with Crippen molar-refractivity contribution in [3.8, 4) is 0 Å². The van der Waals surface area contributed by atoms with Crippen molar-refractivity contribution in [3.05, 3.63) is 23.5 Å². The lowest BCUT2D eigenvalue weighted by Crippen LogP contribution is -2.25. The molecule has 0 aliphatic heterocycles. The molecular weight excluding hydrogens is 245 g/mol. The van der Waals surface area contributed by atoms with Crippen LogP contribution in [0.25, 0.3) is 6.08 Å². The van der Waals surface area contributed by atoms with Gasteiger partial charge in [-0.05, 0) is 30.4 Å². The molecule has 0 saturated heterocycles. The molecule has 1 amide bonds. The van der Waals surface area contributed by atoms with Crippen LogP contribution in [0.5, 0.6) is 0 Å². The van der Waals surface area contributed by atoms with Crippen molar-refractivity contribution in [2.75, 3.05) is 6.54 Å². The van der Waals surface area contributed by atoms with Gasteiger partial charge in [-0.25, -0.2) is 4.39 Å². The predicted molar refractivity (Wildman–Crippen MR) is 70.2 cm³/mol. The highest BCUT2D eigenvalue weighted by Crippen LogP contribution is 2.52. The van der Waals surface area contributed by atoms with Crippen LogP contribution in [-0.2, 0) is 11.8 Å². The van der Waals surface area contributed by atoms with Crippen LogP contribution in [0, 0.1) is 11.8 Å². The van der Waals surface area contributed by atoms with Gasteiger partial charge >= 0.3 is 0 Å². The zero-order chi connectivity index (χ0) is 13.6. The summed E-state index contributed by atoms with van der Waals surface area (Å²) < 4.78 is 15.9. The van der Waals surface area contributed by atoms with E-state index < -0.39 is 6.17 Å². The van der Waals surface area contributed by atoms with Gasteiger partial charge in [0, 0.05) is 38.2 Å². The first-order valence-corrected chi connectivity index (χ1v) is 6.66. The molecule has 4 atom stereocenters. The van der Waals surface area contributed by atoms with Crippen LogP contribution >= 0.6 is 0 Å². The Hall–Kier alpha value is -1.65. The Balaban J connectivity index is 1.74. The van der Waals surface area contributed by atoms with Crippen molar-refractivity contribution in [3.63, 3.8) is 0 Å². The summed E-state index contributed by atoms with van der Waals surface area (Å²) in [6.45, 7) is 2.17. The number of rotatable bonds is 3. The summed E-state index contributed by atoms with van der Waals surface area (Å²) in [5, 5.41) is 7.16. The molecule has 4 nitrogen and oxygen atoms in total. The van der Waals surface area contributed by atoms with Crippen molar-refractivity contribution in [1.82, 2.24) is 15.1 Å². The average molecular weight is 263 g/mol. The van der Waals surface area contributed by atoms with Crippen LogP contribution < -0.4 is 5.32 Å². The molecule has 1 aromatic heterocycles. The smallest absolute Gasteiger partial charge is 0.216 e. The van der Waals surface area contributed by atoms with E-state index in [1.807, 2.05) is 13.2 Å². The number of alkyl halides is 1. The molecule has 0 bridgehead atoms. The molecule has 102 valence electrons. The van der Waals surface area contributed by atoms with E-state index in [9.17, 15) is 9.18 Å². The number of carbonyl (C=O) groups is 1. The molecule has 1 N–H and O–H groups in total. The molecule has 5 heteroatoms. The number of carbonyl (C=O) groups excluding carboxylic acids is 1. The van der Waals surface area contributed by atoms with E-state index in [1.54, 1.807) is 16.8 Å². The molecule has 0 spiro atoms. The van der Waals surface area contributed by atoms with Gasteiger partial charge in [-0.2, -0.15) is 5.10 Å². The SMILES string of the molecule is CC(=O)NC[C@@H]1C[C@H]1C1c2cn(C)nc2C=CC1F. The van der Waals surface area contributed by atoms with Gasteiger partial charge in [0.1, 0.15) is 6.17 Å². The predicted octanol–water partition coefficient (Wildman–Crippen LogP) is 1.64. The molecule has 1 fully saturated rings. The molecule has 3 rings (SSSR count). The van der Waals surface area contributed by atoms with E-state index in [1.165, 1.54) is 6.92 Å². The molecule has 2 aliphatic rings. The van der Waals surface area contributed by atoms with E-state index in [0.717, 1.165) is 17.7 Å². The number of nitrogens with one attached hydrogen (secondary N) is 1. The summed E-state index contributed by atoms with van der Waals surface area (Å²) in [6.07, 6.45) is 5.33. The minimum atomic E-state index is -0.941. The number of aromatic nitrogens is 2. The first-order valence-electron chi connectivity index (χ1n) is 6.66. The highest BCUT2D eigenvalue weighted by molar-refractivity contribution is 5.72. The topological polar surface area (TPSA) is 46.9 Å². The van der Waals surface area contributed by atoms with Crippen LogP contribution in [0.2, 0.25) is 0 Å². The second-order valence-electron chi connectivity index (χ2n) is 5.57. The summed E-state index contributed by atoms with van der Waals surface area (Å²) in [4.78, 5) is 10.9. The number of amides is 1. The van der Waals surface area contributed by atoms with E-state index in [2.05, 4.69) is 10.4 Å². The van der Waals surface area contributed by atoms with Crippen LogP contribution in [0.1, 0.15) is 30.5 Å². The number of fused-ring (bicyclic) bond motifs is 1. The summed E-state index contributed by atoms with van der Waals surface area (Å²) in [6, 6.07) is 0. The van der Waals surface area contributed by atoms with Gasteiger partial charge in [0.15, 0.2) is 0 Å². The van der Waals surface area contributed by atoms with Crippen LogP contribution in [0.15, 0.2) is 12.3 Å². The van der Waals surface area contributed by atoms with Crippen molar-refractivity contribution in [2.45, 2.75) is 25.4 Å². The minimum absolute atomic E-state index is 0.0203. The fourth-order valence-electron chi connectivity index (χ4n) is 3.07. The molecule has 2 aliphatic carbocycles. The van der Waals surface area contributed by atoms with Gasteiger partial charge in [0.2, 0.25) is 5.91 Å². The maximum atomic E-state index is 14.2. The molecule has 2 unspecified atom stereocenters.